The van der Waals surface area contributed by atoms with Crippen LogP contribution < -0.4 is 10.0 Å². The second kappa shape index (κ2) is 6.10. The van der Waals surface area contributed by atoms with Crippen LogP contribution in [0.2, 0.25) is 5.02 Å². The van der Waals surface area contributed by atoms with Gasteiger partial charge < -0.3 is 5.32 Å². The Morgan fingerprint density at radius 3 is 2.84 bits per heavy atom. The molecule has 2 rings (SSSR count). The molecular weight excluding hydrogens is 352 g/mol. The Kier molecular flexibility index (Phi) is 4.89. The van der Waals surface area contributed by atoms with Gasteiger partial charge in [-0.2, -0.15) is 0 Å². The Balaban J connectivity index is 2.19. The number of hydrogen-bond acceptors (Lipinski definition) is 3. The molecule has 0 spiro atoms. The summed E-state index contributed by atoms with van der Waals surface area (Å²) in [5, 5.41) is 3.69. The molecule has 19 heavy (non-hydrogen) atoms. The third-order valence-corrected chi connectivity index (χ3v) is 6.04. The van der Waals surface area contributed by atoms with E-state index in [1.165, 1.54) is 12.1 Å². The van der Waals surface area contributed by atoms with E-state index in [1.54, 1.807) is 6.07 Å². The molecule has 2 atom stereocenters. The molecule has 4 nitrogen and oxygen atoms in total. The van der Waals surface area contributed by atoms with Crippen molar-refractivity contribution in [3.05, 3.63) is 27.7 Å². The highest BCUT2D eigenvalue weighted by Gasteiger charge is 2.26. The Labute approximate surface area is 127 Å². The van der Waals surface area contributed by atoms with Crippen LogP contribution in [0.25, 0.3) is 0 Å². The average molecular weight is 368 g/mol. The van der Waals surface area contributed by atoms with Crippen molar-refractivity contribution in [3.63, 3.8) is 0 Å². The summed E-state index contributed by atoms with van der Waals surface area (Å²) in [6.45, 7) is 3.66. The largest absolute Gasteiger partial charge is 0.315 e. The molecule has 106 valence electrons. The maximum atomic E-state index is 12.3. The SMILES string of the molecule is CC1CCNCC1NS(=O)(=O)c1ccc(Cl)c(Br)c1. The van der Waals surface area contributed by atoms with Crippen LogP contribution in [0.5, 0.6) is 0 Å². The van der Waals surface area contributed by atoms with Gasteiger partial charge in [0.05, 0.1) is 9.92 Å². The number of nitrogens with one attached hydrogen (secondary N) is 2. The van der Waals surface area contributed by atoms with Crippen molar-refractivity contribution in [1.82, 2.24) is 10.0 Å². The van der Waals surface area contributed by atoms with Crippen molar-refractivity contribution in [2.75, 3.05) is 13.1 Å². The average Bonchev–Trinajstić information content (AvgIpc) is 2.35. The van der Waals surface area contributed by atoms with Crippen molar-refractivity contribution < 1.29 is 8.42 Å². The van der Waals surface area contributed by atoms with Gasteiger partial charge in [-0.05, 0) is 53.0 Å². The number of rotatable bonds is 3. The monoisotopic (exact) mass is 366 g/mol. The molecule has 1 aromatic carbocycles. The van der Waals surface area contributed by atoms with E-state index >= 15 is 0 Å². The van der Waals surface area contributed by atoms with Crippen molar-refractivity contribution in [3.8, 4) is 0 Å². The van der Waals surface area contributed by atoms with E-state index in [-0.39, 0.29) is 10.9 Å². The molecule has 0 saturated carbocycles. The Bertz CT molecular complexity index is 565. The second-order valence-electron chi connectivity index (χ2n) is 4.77. The van der Waals surface area contributed by atoms with Gasteiger partial charge in [0, 0.05) is 17.1 Å². The van der Waals surface area contributed by atoms with E-state index in [9.17, 15) is 8.42 Å². The van der Waals surface area contributed by atoms with Crippen LogP contribution in [-0.4, -0.2) is 27.5 Å². The van der Waals surface area contributed by atoms with Crippen LogP contribution in [0.15, 0.2) is 27.6 Å². The van der Waals surface area contributed by atoms with Gasteiger partial charge in [0.2, 0.25) is 10.0 Å². The maximum Gasteiger partial charge on any atom is 0.240 e. The van der Waals surface area contributed by atoms with E-state index in [0.717, 1.165) is 13.0 Å². The fourth-order valence-corrected chi connectivity index (χ4v) is 4.08. The van der Waals surface area contributed by atoms with Gasteiger partial charge in [0.25, 0.3) is 0 Å². The summed E-state index contributed by atoms with van der Waals surface area (Å²) < 4.78 is 27.9. The molecule has 2 unspecified atom stereocenters. The third kappa shape index (κ3) is 3.70. The van der Waals surface area contributed by atoms with Gasteiger partial charge in [-0.25, -0.2) is 13.1 Å². The second-order valence-corrected chi connectivity index (χ2v) is 7.75. The molecule has 0 amide bonds. The first-order valence-electron chi connectivity index (χ1n) is 6.08. The first-order valence-corrected chi connectivity index (χ1v) is 8.73. The normalized spacial score (nSPS) is 24.4. The highest BCUT2D eigenvalue weighted by atomic mass is 79.9. The van der Waals surface area contributed by atoms with Crippen LogP contribution in [0.4, 0.5) is 0 Å². The Hall–Kier alpha value is -0.140. The van der Waals surface area contributed by atoms with E-state index in [2.05, 4.69) is 32.9 Å². The molecule has 1 heterocycles. The predicted molar refractivity (Wildman–Crippen MR) is 79.9 cm³/mol. The van der Waals surface area contributed by atoms with E-state index in [0.29, 0.717) is 22.0 Å². The Morgan fingerprint density at radius 1 is 1.47 bits per heavy atom. The van der Waals surface area contributed by atoms with Crippen LogP contribution in [0.1, 0.15) is 13.3 Å². The summed E-state index contributed by atoms with van der Waals surface area (Å²) in [6.07, 6.45) is 0.970. The number of hydrogen-bond donors (Lipinski definition) is 2. The van der Waals surface area contributed by atoms with Crippen LogP contribution in [0.3, 0.4) is 0 Å². The molecule has 0 bridgehead atoms. The molecule has 1 aliphatic rings. The van der Waals surface area contributed by atoms with E-state index in [4.69, 9.17) is 11.6 Å². The number of piperidine rings is 1. The zero-order valence-electron chi connectivity index (χ0n) is 10.5. The smallest absolute Gasteiger partial charge is 0.240 e. The van der Waals surface area contributed by atoms with Crippen molar-refractivity contribution in [2.24, 2.45) is 5.92 Å². The molecule has 1 fully saturated rings. The molecule has 0 aromatic heterocycles. The molecule has 1 aliphatic heterocycles. The minimum Gasteiger partial charge on any atom is -0.315 e. The van der Waals surface area contributed by atoms with Gasteiger partial charge >= 0.3 is 0 Å². The molecular formula is C12H16BrClN2O2S. The van der Waals surface area contributed by atoms with Crippen LogP contribution in [-0.2, 0) is 10.0 Å². The summed E-state index contributed by atoms with van der Waals surface area (Å²) in [7, 11) is -3.51. The summed E-state index contributed by atoms with van der Waals surface area (Å²) in [4.78, 5) is 0.224. The lowest BCUT2D eigenvalue weighted by molar-refractivity contribution is 0.327. The highest BCUT2D eigenvalue weighted by Crippen LogP contribution is 2.25. The minimum atomic E-state index is -3.51. The van der Waals surface area contributed by atoms with Crippen molar-refractivity contribution in [1.29, 1.82) is 0 Å². The molecule has 2 N–H and O–H groups in total. The fraction of sp³-hybridized carbons (Fsp3) is 0.500. The molecule has 0 radical (unpaired) electrons. The maximum absolute atomic E-state index is 12.3. The standard InChI is InChI=1S/C12H16BrClN2O2S/c1-8-4-5-15-7-12(8)16-19(17,18)9-2-3-11(14)10(13)6-9/h2-3,6,8,12,15-16H,4-5,7H2,1H3. The zero-order chi connectivity index (χ0) is 14.0. The number of halogens is 2. The van der Waals surface area contributed by atoms with E-state index in [1.807, 2.05) is 0 Å². The van der Waals surface area contributed by atoms with Gasteiger partial charge in [-0.3, -0.25) is 0 Å². The lowest BCUT2D eigenvalue weighted by Gasteiger charge is -2.30. The third-order valence-electron chi connectivity index (χ3n) is 3.34. The lowest BCUT2D eigenvalue weighted by atomic mass is 9.96. The molecule has 1 saturated heterocycles. The summed E-state index contributed by atoms with van der Waals surface area (Å²) in [5.41, 5.74) is 0. The molecule has 1 aromatic rings. The summed E-state index contributed by atoms with van der Waals surface area (Å²) in [6, 6.07) is 4.53. The van der Waals surface area contributed by atoms with Gasteiger partial charge in [0.1, 0.15) is 0 Å². The lowest BCUT2D eigenvalue weighted by Crippen LogP contribution is -2.50. The molecule has 7 heteroatoms. The van der Waals surface area contributed by atoms with Gasteiger partial charge in [0.15, 0.2) is 0 Å². The zero-order valence-corrected chi connectivity index (χ0v) is 13.6. The van der Waals surface area contributed by atoms with Gasteiger partial charge in [-0.1, -0.05) is 18.5 Å². The minimum absolute atomic E-state index is 0.0757. The Morgan fingerprint density at radius 2 is 2.21 bits per heavy atom. The highest BCUT2D eigenvalue weighted by molar-refractivity contribution is 9.10. The quantitative estimate of drug-likeness (QED) is 0.862. The van der Waals surface area contributed by atoms with E-state index < -0.39 is 10.0 Å². The number of benzene rings is 1. The summed E-state index contributed by atoms with van der Waals surface area (Å²) in [5.74, 6) is 0.326. The predicted octanol–water partition coefficient (Wildman–Crippen LogP) is 2.38. The number of sulfonamides is 1. The van der Waals surface area contributed by atoms with Crippen molar-refractivity contribution in [2.45, 2.75) is 24.3 Å². The van der Waals surface area contributed by atoms with Gasteiger partial charge in [-0.15, -0.1) is 0 Å². The molecule has 0 aliphatic carbocycles. The van der Waals surface area contributed by atoms with Crippen molar-refractivity contribution >= 4 is 37.6 Å². The first kappa shape index (κ1) is 15.3. The topological polar surface area (TPSA) is 58.2 Å². The fourth-order valence-electron chi connectivity index (χ4n) is 2.06. The first-order chi connectivity index (χ1) is 8.90. The summed E-state index contributed by atoms with van der Waals surface area (Å²) >= 11 is 9.11. The van der Waals surface area contributed by atoms with Crippen LogP contribution >= 0.6 is 27.5 Å². The van der Waals surface area contributed by atoms with Crippen LogP contribution in [0, 0.1) is 5.92 Å².